The van der Waals surface area contributed by atoms with Crippen molar-refractivity contribution in [3.8, 4) is 5.69 Å². The number of likely N-dealkylation sites (tertiary alicyclic amines) is 1. The molecule has 1 saturated carbocycles. The van der Waals surface area contributed by atoms with Crippen molar-refractivity contribution in [2.75, 3.05) is 25.9 Å². The molecule has 0 atom stereocenters. The van der Waals surface area contributed by atoms with Crippen molar-refractivity contribution in [2.24, 2.45) is 0 Å². The van der Waals surface area contributed by atoms with Crippen molar-refractivity contribution in [2.45, 2.75) is 51.5 Å². The Morgan fingerprint density at radius 1 is 1.23 bits per heavy atom. The maximum Gasteiger partial charge on any atom is 0.257 e. The SMILES string of the molecule is CCN(C1CCN(C(=O)c2cnn(-c3ccc(C)c(Cl)c3)c2C2CC2)CC1)S(C)(=O)=O. The van der Waals surface area contributed by atoms with Crippen molar-refractivity contribution < 1.29 is 13.2 Å². The van der Waals surface area contributed by atoms with Gasteiger partial charge < -0.3 is 4.90 Å². The summed E-state index contributed by atoms with van der Waals surface area (Å²) in [5, 5.41) is 5.22. The average molecular weight is 465 g/mol. The van der Waals surface area contributed by atoms with Gasteiger partial charge in [0, 0.05) is 36.6 Å². The third-order valence-corrected chi connectivity index (χ3v) is 8.11. The second-order valence-electron chi connectivity index (χ2n) is 8.55. The summed E-state index contributed by atoms with van der Waals surface area (Å²) in [4.78, 5) is 15.2. The first-order valence-electron chi connectivity index (χ1n) is 10.8. The van der Waals surface area contributed by atoms with E-state index in [4.69, 9.17) is 11.6 Å². The molecule has 7 nitrogen and oxygen atoms in total. The Labute approximate surface area is 189 Å². The van der Waals surface area contributed by atoms with Gasteiger partial charge in [-0.2, -0.15) is 9.40 Å². The van der Waals surface area contributed by atoms with E-state index in [9.17, 15) is 13.2 Å². The molecule has 4 rings (SSSR count). The Morgan fingerprint density at radius 3 is 2.45 bits per heavy atom. The van der Waals surface area contributed by atoms with Crippen molar-refractivity contribution in [3.63, 3.8) is 0 Å². The van der Waals surface area contributed by atoms with Crippen LogP contribution in [-0.4, -0.2) is 65.2 Å². The fourth-order valence-electron chi connectivity index (χ4n) is 4.48. The van der Waals surface area contributed by atoms with Crippen molar-refractivity contribution in [1.29, 1.82) is 0 Å². The summed E-state index contributed by atoms with van der Waals surface area (Å²) >= 11 is 6.32. The third-order valence-electron chi connectivity index (χ3n) is 6.30. The number of piperidine rings is 1. The minimum absolute atomic E-state index is 0.0211. The summed E-state index contributed by atoms with van der Waals surface area (Å²) in [6.07, 6.45) is 6.31. The molecule has 31 heavy (non-hydrogen) atoms. The Kier molecular flexibility index (Phi) is 6.16. The lowest BCUT2D eigenvalue weighted by Crippen LogP contribution is -2.48. The molecule has 0 bridgehead atoms. The number of carbonyl (C=O) groups is 1. The highest BCUT2D eigenvalue weighted by atomic mass is 35.5. The molecule has 1 aromatic heterocycles. The van der Waals surface area contributed by atoms with Gasteiger partial charge >= 0.3 is 0 Å². The van der Waals surface area contributed by atoms with Gasteiger partial charge in [-0.3, -0.25) is 4.79 Å². The first-order valence-corrected chi connectivity index (χ1v) is 13.0. The number of rotatable bonds is 6. The van der Waals surface area contributed by atoms with E-state index in [1.165, 1.54) is 6.26 Å². The van der Waals surface area contributed by atoms with Crippen LogP contribution in [0.2, 0.25) is 5.02 Å². The lowest BCUT2D eigenvalue weighted by atomic mass is 10.0. The van der Waals surface area contributed by atoms with Gasteiger partial charge in [-0.25, -0.2) is 13.1 Å². The zero-order chi connectivity index (χ0) is 22.3. The van der Waals surface area contributed by atoms with E-state index >= 15 is 0 Å². The molecule has 1 aliphatic carbocycles. The molecule has 2 heterocycles. The van der Waals surface area contributed by atoms with Gasteiger partial charge in [0.05, 0.1) is 29.4 Å². The van der Waals surface area contributed by atoms with Crippen LogP contribution in [0.5, 0.6) is 0 Å². The van der Waals surface area contributed by atoms with Crippen LogP contribution in [0.15, 0.2) is 24.4 Å². The summed E-state index contributed by atoms with van der Waals surface area (Å²) in [6, 6.07) is 5.78. The minimum atomic E-state index is -3.24. The van der Waals surface area contributed by atoms with Gasteiger partial charge in [-0.1, -0.05) is 24.6 Å². The fraction of sp³-hybridized carbons (Fsp3) is 0.545. The molecule has 1 amide bonds. The fourth-order valence-corrected chi connectivity index (χ4v) is 5.88. The van der Waals surface area contributed by atoms with Crippen molar-refractivity contribution in [1.82, 2.24) is 19.0 Å². The molecule has 1 saturated heterocycles. The topological polar surface area (TPSA) is 75.5 Å². The smallest absolute Gasteiger partial charge is 0.257 e. The Bertz CT molecular complexity index is 1090. The highest BCUT2D eigenvalue weighted by Gasteiger charge is 2.36. The number of aryl methyl sites for hydroxylation is 1. The van der Waals surface area contributed by atoms with Crippen LogP contribution in [0.4, 0.5) is 0 Å². The Morgan fingerprint density at radius 2 is 1.90 bits per heavy atom. The van der Waals surface area contributed by atoms with Gasteiger partial charge in [0.15, 0.2) is 0 Å². The number of hydrogen-bond acceptors (Lipinski definition) is 4. The number of sulfonamides is 1. The van der Waals surface area contributed by atoms with E-state index in [2.05, 4.69) is 5.10 Å². The largest absolute Gasteiger partial charge is 0.338 e. The maximum atomic E-state index is 13.4. The molecule has 168 valence electrons. The van der Waals surface area contributed by atoms with Crippen LogP contribution < -0.4 is 0 Å². The monoisotopic (exact) mass is 464 g/mol. The number of benzene rings is 1. The Hall–Kier alpha value is -1.90. The second kappa shape index (κ2) is 8.56. The number of hydrogen-bond donors (Lipinski definition) is 0. The summed E-state index contributed by atoms with van der Waals surface area (Å²) in [7, 11) is -3.24. The standard InChI is InChI=1S/C22H29ClN4O3S/c1-4-26(31(3,29)30)17-9-11-25(12-10-17)22(28)19-14-24-27(21(19)16-6-7-16)18-8-5-15(2)20(23)13-18/h5,8,13-14,16-17H,4,6-7,9-12H2,1-3H3. The minimum Gasteiger partial charge on any atom is -0.338 e. The zero-order valence-corrected chi connectivity index (χ0v) is 19.8. The van der Waals surface area contributed by atoms with Crippen LogP contribution in [0.25, 0.3) is 5.69 Å². The van der Waals surface area contributed by atoms with Gasteiger partial charge in [0.2, 0.25) is 10.0 Å². The Balaban J connectivity index is 1.55. The molecule has 2 fully saturated rings. The lowest BCUT2D eigenvalue weighted by Gasteiger charge is -2.36. The summed E-state index contributed by atoms with van der Waals surface area (Å²) in [5.74, 6) is 0.312. The molecule has 2 aliphatic rings. The summed E-state index contributed by atoms with van der Waals surface area (Å²) in [5.41, 5.74) is 3.47. The van der Waals surface area contributed by atoms with Crippen molar-refractivity contribution in [3.05, 3.63) is 46.2 Å². The third kappa shape index (κ3) is 4.52. The van der Waals surface area contributed by atoms with E-state index in [1.54, 1.807) is 10.5 Å². The number of carbonyl (C=O) groups excluding carboxylic acids is 1. The van der Waals surface area contributed by atoms with E-state index in [-0.39, 0.29) is 11.9 Å². The van der Waals surface area contributed by atoms with Crippen LogP contribution in [0.3, 0.4) is 0 Å². The summed E-state index contributed by atoms with van der Waals surface area (Å²) < 4.78 is 27.5. The normalized spacial score (nSPS) is 18.0. The van der Waals surface area contributed by atoms with Crippen molar-refractivity contribution >= 4 is 27.5 Å². The van der Waals surface area contributed by atoms with Crippen LogP contribution in [-0.2, 0) is 10.0 Å². The molecule has 0 spiro atoms. The molecule has 2 aromatic rings. The summed E-state index contributed by atoms with van der Waals surface area (Å²) in [6.45, 7) is 5.35. The number of aromatic nitrogens is 2. The molecular formula is C22H29ClN4O3S. The van der Waals surface area contributed by atoms with E-state index in [0.717, 1.165) is 29.8 Å². The maximum absolute atomic E-state index is 13.4. The first kappa shape index (κ1) is 22.3. The highest BCUT2D eigenvalue weighted by Crippen LogP contribution is 2.43. The number of nitrogens with zero attached hydrogens (tertiary/aromatic N) is 4. The zero-order valence-electron chi connectivity index (χ0n) is 18.2. The van der Waals surface area contributed by atoms with Gasteiger partial charge in [0.25, 0.3) is 5.91 Å². The quantitative estimate of drug-likeness (QED) is 0.654. The van der Waals surface area contributed by atoms with E-state index in [1.807, 2.05) is 41.6 Å². The van der Waals surface area contributed by atoms with Crippen LogP contribution >= 0.6 is 11.6 Å². The van der Waals surface area contributed by atoms with Crippen LogP contribution in [0, 0.1) is 6.92 Å². The molecule has 0 radical (unpaired) electrons. The van der Waals surface area contributed by atoms with Gasteiger partial charge in [0.1, 0.15) is 0 Å². The number of halogens is 1. The highest BCUT2D eigenvalue weighted by molar-refractivity contribution is 7.88. The molecule has 0 N–H and O–H groups in total. The molecule has 1 aromatic carbocycles. The van der Waals surface area contributed by atoms with Crippen LogP contribution in [0.1, 0.15) is 60.1 Å². The number of amides is 1. The molecular weight excluding hydrogens is 436 g/mol. The first-order chi connectivity index (χ1) is 14.7. The molecule has 1 aliphatic heterocycles. The van der Waals surface area contributed by atoms with E-state index < -0.39 is 10.0 Å². The second-order valence-corrected chi connectivity index (χ2v) is 10.9. The molecule has 9 heteroatoms. The lowest BCUT2D eigenvalue weighted by molar-refractivity contribution is 0.0679. The predicted molar refractivity (Wildman–Crippen MR) is 121 cm³/mol. The molecule has 0 unspecified atom stereocenters. The van der Waals surface area contributed by atoms with Gasteiger partial charge in [-0.15, -0.1) is 0 Å². The predicted octanol–water partition coefficient (Wildman–Crippen LogP) is 3.60. The van der Waals surface area contributed by atoms with Gasteiger partial charge in [-0.05, 0) is 50.3 Å². The van der Waals surface area contributed by atoms with E-state index in [0.29, 0.717) is 49.0 Å². The average Bonchev–Trinajstić information content (AvgIpc) is 3.47.